The first-order chi connectivity index (χ1) is 9.99. The summed E-state index contributed by atoms with van der Waals surface area (Å²) in [5.41, 5.74) is 3.40. The van der Waals surface area contributed by atoms with E-state index in [1.165, 1.54) is 23.9 Å². The quantitative estimate of drug-likeness (QED) is 0.462. The summed E-state index contributed by atoms with van der Waals surface area (Å²) in [5.74, 6) is -0.300. The van der Waals surface area contributed by atoms with Crippen molar-refractivity contribution in [2.75, 3.05) is 13.7 Å². The molecule has 2 heterocycles. The third-order valence-corrected chi connectivity index (χ3v) is 3.28. The highest BCUT2D eigenvalue weighted by atomic mass is 16.5. The van der Waals surface area contributed by atoms with Crippen LogP contribution in [-0.4, -0.2) is 45.6 Å². The van der Waals surface area contributed by atoms with Gasteiger partial charge >= 0.3 is 5.69 Å². The summed E-state index contributed by atoms with van der Waals surface area (Å²) >= 11 is 0. The molecule has 0 amide bonds. The molecule has 118 valence electrons. The van der Waals surface area contributed by atoms with Crippen molar-refractivity contribution in [1.82, 2.24) is 9.55 Å². The number of nitrogens with one attached hydrogen (secondary N) is 1. The van der Waals surface area contributed by atoms with E-state index in [1.807, 2.05) is 6.92 Å². The maximum atomic E-state index is 11.7. The Morgan fingerprint density at radius 3 is 2.62 bits per heavy atom. The highest BCUT2D eigenvalue weighted by Crippen LogP contribution is 2.35. The zero-order valence-corrected chi connectivity index (χ0v) is 12.0. The number of rotatable bonds is 3. The minimum Gasteiger partial charge on any atom is -0.394 e. The van der Waals surface area contributed by atoms with Crippen molar-refractivity contribution in [1.29, 1.82) is 0 Å². The van der Waals surface area contributed by atoms with Crippen LogP contribution in [0.15, 0.2) is 27.0 Å². The number of aromatic nitrogens is 2. The lowest BCUT2D eigenvalue weighted by Crippen LogP contribution is -2.34. The van der Waals surface area contributed by atoms with Crippen molar-refractivity contribution in [3.05, 3.63) is 33.1 Å². The van der Waals surface area contributed by atoms with Crippen LogP contribution in [0.4, 0.5) is 0 Å². The van der Waals surface area contributed by atoms with E-state index in [0.29, 0.717) is 6.42 Å². The lowest BCUT2D eigenvalue weighted by atomic mass is 9.97. The van der Waals surface area contributed by atoms with Gasteiger partial charge in [-0.25, -0.2) is 4.79 Å². The van der Waals surface area contributed by atoms with Crippen molar-refractivity contribution >= 4 is 0 Å². The van der Waals surface area contributed by atoms with E-state index in [-0.39, 0.29) is 12.5 Å². The van der Waals surface area contributed by atoms with E-state index in [9.17, 15) is 14.7 Å². The van der Waals surface area contributed by atoms with Crippen LogP contribution in [-0.2, 0) is 4.74 Å². The van der Waals surface area contributed by atoms with Gasteiger partial charge in [-0.3, -0.25) is 14.3 Å². The third-order valence-electron chi connectivity index (χ3n) is 3.28. The first kappa shape index (κ1) is 17.2. The molecule has 1 aromatic rings. The standard InChI is InChI=1S/C11H16N2O5.CH4N2/c1-2-6-9(16)7(5-14)18-10(6)13-4-3-8(15)12-11(13)17;1-3-2/h3-4,6-7,9-10,14,16H,2,5H2,1H3,(H,12,15,17);2H,1H3/p+1/t6-,7+,9-,10+;/m0./s1. The van der Waals surface area contributed by atoms with Gasteiger partial charge in [0.1, 0.15) is 12.3 Å². The van der Waals surface area contributed by atoms with Gasteiger partial charge in [0.15, 0.2) is 0 Å². The highest BCUT2D eigenvalue weighted by Gasteiger charge is 2.43. The maximum Gasteiger partial charge on any atom is 0.330 e. The molecule has 1 saturated heterocycles. The number of nitrogens with two attached hydrogens (primary N) is 1. The zero-order valence-electron chi connectivity index (χ0n) is 12.0. The highest BCUT2D eigenvalue weighted by molar-refractivity contribution is 4.92. The molecule has 0 bridgehead atoms. The number of hydrogen-bond acceptors (Lipinski definition) is 6. The van der Waals surface area contributed by atoms with Crippen LogP contribution in [0, 0.1) is 5.92 Å². The number of aliphatic hydroxyl groups is 2. The lowest BCUT2D eigenvalue weighted by Gasteiger charge is -2.19. The normalized spacial score (nSPS) is 27.8. The van der Waals surface area contributed by atoms with Gasteiger partial charge in [0, 0.05) is 18.2 Å². The minimum atomic E-state index is -0.830. The maximum absolute atomic E-state index is 11.7. The second kappa shape index (κ2) is 7.81. The number of aliphatic hydroxyl groups excluding tert-OH is 2. The molecule has 0 aliphatic carbocycles. The zero-order chi connectivity index (χ0) is 16.0. The topological polar surface area (TPSA) is 142 Å². The Morgan fingerprint density at radius 1 is 1.52 bits per heavy atom. The number of nitrogens with zero attached hydrogens (tertiary/aromatic N) is 2. The molecule has 5 N–H and O–H groups in total. The predicted molar refractivity (Wildman–Crippen MR) is 72.4 cm³/mol. The van der Waals surface area contributed by atoms with E-state index in [0.717, 1.165) is 0 Å². The predicted octanol–water partition coefficient (Wildman–Crippen LogP) is -2.36. The molecule has 0 saturated carbocycles. The van der Waals surface area contributed by atoms with Crippen molar-refractivity contribution in [3.63, 3.8) is 0 Å². The van der Waals surface area contributed by atoms with Crippen molar-refractivity contribution in [3.8, 4) is 0 Å². The number of ether oxygens (including phenoxy) is 1. The van der Waals surface area contributed by atoms with Crippen LogP contribution in [0.2, 0.25) is 0 Å². The Kier molecular flexibility index (Phi) is 6.40. The number of hydrogen-bond donors (Lipinski definition) is 4. The molecule has 0 spiro atoms. The first-order valence-electron chi connectivity index (χ1n) is 6.55. The Labute approximate surface area is 120 Å². The summed E-state index contributed by atoms with van der Waals surface area (Å²) in [6, 6.07) is 1.22. The van der Waals surface area contributed by atoms with Crippen LogP contribution in [0.3, 0.4) is 0 Å². The molecule has 9 nitrogen and oxygen atoms in total. The van der Waals surface area contributed by atoms with E-state index >= 15 is 0 Å². The van der Waals surface area contributed by atoms with Gasteiger partial charge in [-0.15, -0.1) is 0 Å². The molecule has 2 rings (SSSR count). The Hall–Kier alpha value is -1.84. The van der Waals surface area contributed by atoms with Gasteiger partial charge < -0.3 is 14.9 Å². The molecular weight excluding hydrogens is 280 g/mol. The van der Waals surface area contributed by atoms with Crippen LogP contribution < -0.4 is 16.8 Å². The summed E-state index contributed by atoms with van der Waals surface area (Å²) in [5, 5.41) is 22.1. The SMILES string of the molecule is CC[C@H]1[C@H](O)[C@@H](CO)O[C@H]1n1ccc(=O)[nH]c1=O.CN=[NH2+]. The first-order valence-corrected chi connectivity index (χ1v) is 6.55. The van der Waals surface area contributed by atoms with E-state index in [2.05, 4.69) is 15.6 Å². The summed E-state index contributed by atoms with van der Waals surface area (Å²) in [7, 11) is 1.53. The minimum absolute atomic E-state index is 0.300. The molecule has 9 heteroatoms. The molecule has 0 unspecified atom stereocenters. The molecule has 0 radical (unpaired) electrons. The summed E-state index contributed by atoms with van der Waals surface area (Å²) in [6.45, 7) is 1.55. The van der Waals surface area contributed by atoms with Crippen molar-refractivity contribution in [2.45, 2.75) is 31.8 Å². The van der Waals surface area contributed by atoms with Gasteiger partial charge in [-0.2, -0.15) is 5.53 Å². The van der Waals surface area contributed by atoms with Gasteiger partial charge in [0.2, 0.25) is 0 Å². The Morgan fingerprint density at radius 2 is 2.14 bits per heavy atom. The fourth-order valence-corrected chi connectivity index (χ4v) is 2.30. The second-order valence-corrected chi connectivity index (χ2v) is 4.59. The van der Waals surface area contributed by atoms with Gasteiger partial charge in [0.25, 0.3) is 5.56 Å². The number of H-pyrrole nitrogens is 1. The van der Waals surface area contributed by atoms with Crippen LogP contribution in [0.5, 0.6) is 0 Å². The van der Waals surface area contributed by atoms with Gasteiger partial charge in [-0.05, 0) is 6.42 Å². The Balaban J connectivity index is 0.000000677. The second-order valence-electron chi connectivity index (χ2n) is 4.59. The van der Waals surface area contributed by atoms with E-state index < -0.39 is 29.7 Å². The summed E-state index contributed by atoms with van der Waals surface area (Å²) < 4.78 is 6.70. The molecule has 0 aromatic carbocycles. The van der Waals surface area contributed by atoms with Gasteiger partial charge in [-0.1, -0.05) is 12.0 Å². The molecular formula is C12H21N4O5+. The molecule has 1 fully saturated rings. The van der Waals surface area contributed by atoms with E-state index in [4.69, 9.17) is 9.84 Å². The van der Waals surface area contributed by atoms with E-state index in [1.54, 1.807) is 0 Å². The lowest BCUT2D eigenvalue weighted by molar-refractivity contribution is -0.216. The number of aromatic amines is 1. The molecule has 1 aliphatic rings. The van der Waals surface area contributed by atoms with Crippen molar-refractivity contribution < 1.29 is 20.5 Å². The average molecular weight is 301 g/mol. The smallest absolute Gasteiger partial charge is 0.330 e. The van der Waals surface area contributed by atoms with Crippen LogP contribution >= 0.6 is 0 Å². The summed E-state index contributed by atoms with van der Waals surface area (Å²) in [6.07, 6.45) is -0.288. The molecule has 21 heavy (non-hydrogen) atoms. The monoisotopic (exact) mass is 301 g/mol. The van der Waals surface area contributed by atoms with Crippen LogP contribution in [0.1, 0.15) is 19.6 Å². The summed E-state index contributed by atoms with van der Waals surface area (Å²) in [4.78, 5) is 24.8. The van der Waals surface area contributed by atoms with Crippen molar-refractivity contribution in [2.24, 2.45) is 11.0 Å². The fraction of sp³-hybridized carbons (Fsp3) is 0.667. The molecule has 4 atom stereocenters. The molecule has 1 aromatic heterocycles. The third kappa shape index (κ3) is 3.84. The average Bonchev–Trinajstić information content (AvgIpc) is 2.75. The van der Waals surface area contributed by atoms with Crippen LogP contribution in [0.25, 0.3) is 0 Å². The molecule has 1 aliphatic heterocycles. The van der Waals surface area contributed by atoms with Gasteiger partial charge in [0.05, 0.1) is 19.8 Å². The largest absolute Gasteiger partial charge is 0.394 e. The Bertz CT molecular complexity index is 569. The fourth-order valence-electron chi connectivity index (χ4n) is 2.30.